The highest BCUT2D eigenvalue weighted by Gasteiger charge is 2.20. The predicted molar refractivity (Wildman–Crippen MR) is 63.6 cm³/mol. The normalized spacial score (nSPS) is 17.9. The van der Waals surface area contributed by atoms with Crippen LogP contribution in [0.15, 0.2) is 12.7 Å². The maximum absolute atomic E-state index is 3.86. The van der Waals surface area contributed by atoms with E-state index in [1.807, 2.05) is 0 Å². The molecule has 0 N–H and O–H groups in total. The van der Waals surface area contributed by atoms with Crippen molar-refractivity contribution in [1.82, 2.24) is 4.90 Å². The van der Waals surface area contributed by atoms with Crippen molar-refractivity contribution in [2.45, 2.75) is 57.9 Å². The van der Waals surface area contributed by atoms with Gasteiger partial charge in [-0.05, 0) is 25.8 Å². The number of hydrogen-bond donors (Lipinski definition) is 0. The molecular formula is C13H25N. The molecule has 0 aromatic rings. The van der Waals surface area contributed by atoms with Gasteiger partial charge in [-0.25, -0.2) is 0 Å². The second kappa shape index (κ2) is 7.05. The summed E-state index contributed by atoms with van der Waals surface area (Å²) in [6.07, 6.45) is 11.8. The topological polar surface area (TPSA) is 3.24 Å². The highest BCUT2D eigenvalue weighted by molar-refractivity contribution is 4.82. The lowest BCUT2D eigenvalue weighted by Crippen LogP contribution is -2.34. The molecule has 14 heavy (non-hydrogen) atoms. The van der Waals surface area contributed by atoms with Crippen molar-refractivity contribution in [2.24, 2.45) is 0 Å². The van der Waals surface area contributed by atoms with Gasteiger partial charge < -0.3 is 0 Å². The van der Waals surface area contributed by atoms with Gasteiger partial charge in [0, 0.05) is 12.6 Å². The Hall–Kier alpha value is -0.300. The lowest BCUT2D eigenvalue weighted by molar-refractivity contribution is 0.216. The number of unbranched alkanes of at least 4 members (excludes halogenated alkanes) is 2. The third-order valence-electron chi connectivity index (χ3n) is 3.25. The van der Waals surface area contributed by atoms with Gasteiger partial charge in [-0.2, -0.15) is 0 Å². The minimum absolute atomic E-state index is 0.866. The number of rotatable bonds is 7. The van der Waals surface area contributed by atoms with Crippen LogP contribution in [0.3, 0.4) is 0 Å². The van der Waals surface area contributed by atoms with Crippen LogP contribution in [0.5, 0.6) is 0 Å². The molecule has 0 amide bonds. The minimum Gasteiger partial charge on any atom is -0.297 e. The van der Waals surface area contributed by atoms with Crippen LogP contribution in [0.1, 0.15) is 51.9 Å². The van der Waals surface area contributed by atoms with Crippen LogP contribution in [0.2, 0.25) is 0 Å². The van der Waals surface area contributed by atoms with E-state index in [0.29, 0.717) is 0 Å². The fraction of sp³-hybridized carbons (Fsp3) is 0.846. The molecule has 1 fully saturated rings. The molecule has 0 aliphatic heterocycles. The maximum atomic E-state index is 3.86. The molecule has 0 heterocycles. The quantitative estimate of drug-likeness (QED) is 0.443. The summed E-state index contributed by atoms with van der Waals surface area (Å²) in [6.45, 7) is 8.50. The zero-order valence-electron chi connectivity index (χ0n) is 9.67. The maximum Gasteiger partial charge on any atom is 0.0163 e. The SMILES string of the molecule is C=CCN(CCCCC)C1CCCC1. The van der Waals surface area contributed by atoms with Gasteiger partial charge in [-0.1, -0.05) is 38.7 Å². The van der Waals surface area contributed by atoms with E-state index in [0.717, 1.165) is 12.6 Å². The largest absolute Gasteiger partial charge is 0.297 e. The molecule has 1 aliphatic rings. The molecule has 1 saturated carbocycles. The number of hydrogen-bond acceptors (Lipinski definition) is 1. The van der Waals surface area contributed by atoms with Crippen LogP contribution < -0.4 is 0 Å². The van der Waals surface area contributed by atoms with Crippen LogP contribution in [0.25, 0.3) is 0 Å². The first-order valence-corrected chi connectivity index (χ1v) is 6.23. The van der Waals surface area contributed by atoms with Crippen molar-refractivity contribution in [3.05, 3.63) is 12.7 Å². The summed E-state index contributed by atoms with van der Waals surface area (Å²) >= 11 is 0. The first kappa shape index (κ1) is 11.8. The first-order chi connectivity index (χ1) is 6.88. The summed E-state index contributed by atoms with van der Waals surface area (Å²) in [4.78, 5) is 2.63. The molecule has 0 aromatic heterocycles. The van der Waals surface area contributed by atoms with Crippen LogP contribution >= 0.6 is 0 Å². The monoisotopic (exact) mass is 195 g/mol. The average Bonchev–Trinajstić information content (AvgIpc) is 2.70. The van der Waals surface area contributed by atoms with E-state index in [1.54, 1.807) is 0 Å². The second-order valence-corrected chi connectivity index (χ2v) is 4.43. The van der Waals surface area contributed by atoms with Gasteiger partial charge in [-0.15, -0.1) is 6.58 Å². The van der Waals surface area contributed by atoms with E-state index in [9.17, 15) is 0 Å². The Labute approximate surface area is 89.2 Å². The average molecular weight is 195 g/mol. The van der Waals surface area contributed by atoms with Gasteiger partial charge in [0.25, 0.3) is 0 Å². The molecule has 0 spiro atoms. The summed E-state index contributed by atoms with van der Waals surface area (Å²) in [5.41, 5.74) is 0. The fourth-order valence-corrected chi connectivity index (χ4v) is 2.42. The van der Waals surface area contributed by atoms with Crippen molar-refractivity contribution in [3.63, 3.8) is 0 Å². The molecule has 0 radical (unpaired) electrons. The molecule has 1 heteroatoms. The molecule has 0 unspecified atom stereocenters. The van der Waals surface area contributed by atoms with E-state index >= 15 is 0 Å². The number of nitrogens with zero attached hydrogens (tertiary/aromatic N) is 1. The van der Waals surface area contributed by atoms with Crippen LogP contribution in [-0.4, -0.2) is 24.0 Å². The summed E-state index contributed by atoms with van der Waals surface area (Å²) in [6, 6.07) is 0.866. The molecule has 0 aromatic carbocycles. The lowest BCUT2D eigenvalue weighted by atomic mass is 10.1. The van der Waals surface area contributed by atoms with Gasteiger partial charge in [0.15, 0.2) is 0 Å². The zero-order chi connectivity index (χ0) is 10.2. The van der Waals surface area contributed by atoms with Crippen molar-refractivity contribution in [2.75, 3.05) is 13.1 Å². The first-order valence-electron chi connectivity index (χ1n) is 6.23. The Bertz CT molecular complexity index is 147. The molecule has 82 valence electrons. The van der Waals surface area contributed by atoms with Crippen LogP contribution in [0, 0.1) is 0 Å². The summed E-state index contributed by atoms with van der Waals surface area (Å²) in [7, 11) is 0. The Morgan fingerprint density at radius 1 is 1.29 bits per heavy atom. The highest BCUT2D eigenvalue weighted by Crippen LogP contribution is 2.23. The molecular weight excluding hydrogens is 170 g/mol. The fourth-order valence-electron chi connectivity index (χ4n) is 2.42. The predicted octanol–water partition coefficient (Wildman–Crippen LogP) is 3.61. The summed E-state index contributed by atoms with van der Waals surface area (Å²) < 4.78 is 0. The van der Waals surface area contributed by atoms with Crippen LogP contribution in [-0.2, 0) is 0 Å². The van der Waals surface area contributed by atoms with E-state index in [1.165, 1.54) is 51.5 Å². The van der Waals surface area contributed by atoms with Gasteiger partial charge in [-0.3, -0.25) is 4.90 Å². The molecule has 1 aliphatic carbocycles. The van der Waals surface area contributed by atoms with Crippen molar-refractivity contribution in [1.29, 1.82) is 0 Å². The minimum atomic E-state index is 0.866. The highest BCUT2D eigenvalue weighted by atomic mass is 15.1. The van der Waals surface area contributed by atoms with Crippen LogP contribution in [0.4, 0.5) is 0 Å². The summed E-state index contributed by atoms with van der Waals surface area (Å²) in [5.74, 6) is 0. The van der Waals surface area contributed by atoms with E-state index < -0.39 is 0 Å². The smallest absolute Gasteiger partial charge is 0.0163 e. The molecule has 1 rings (SSSR count). The Morgan fingerprint density at radius 3 is 2.57 bits per heavy atom. The molecule has 0 atom stereocenters. The second-order valence-electron chi connectivity index (χ2n) is 4.43. The Balaban J connectivity index is 2.25. The lowest BCUT2D eigenvalue weighted by Gasteiger charge is -2.27. The zero-order valence-corrected chi connectivity index (χ0v) is 9.67. The van der Waals surface area contributed by atoms with Crippen molar-refractivity contribution < 1.29 is 0 Å². The Morgan fingerprint density at radius 2 is 2.00 bits per heavy atom. The molecule has 0 saturated heterocycles. The van der Waals surface area contributed by atoms with Gasteiger partial charge in [0.2, 0.25) is 0 Å². The van der Waals surface area contributed by atoms with E-state index in [-0.39, 0.29) is 0 Å². The molecule has 1 nitrogen and oxygen atoms in total. The van der Waals surface area contributed by atoms with E-state index in [2.05, 4.69) is 24.5 Å². The van der Waals surface area contributed by atoms with Gasteiger partial charge in [0.1, 0.15) is 0 Å². The summed E-state index contributed by atoms with van der Waals surface area (Å²) in [5, 5.41) is 0. The van der Waals surface area contributed by atoms with Crippen molar-refractivity contribution in [3.8, 4) is 0 Å². The molecule has 0 bridgehead atoms. The van der Waals surface area contributed by atoms with Gasteiger partial charge >= 0.3 is 0 Å². The van der Waals surface area contributed by atoms with Gasteiger partial charge in [0.05, 0.1) is 0 Å². The standard InChI is InChI=1S/C13H25N/c1-3-5-8-12-14(11-4-2)13-9-6-7-10-13/h4,13H,2-3,5-12H2,1H3. The third kappa shape index (κ3) is 3.83. The Kier molecular flexibility index (Phi) is 5.93. The third-order valence-corrected chi connectivity index (χ3v) is 3.25. The van der Waals surface area contributed by atoms with Crippen molar-refractivity contribution >= 4 is 0 Å². The van der Waals surface area contributed by atoms with E-state index in [4.69, 9.17) is 0 Å².